The average molecular weight is 404 g/mol. The van der Waals surface area contributed by atoms with Crippen molar-refractivity contribution in [2.75, 3.05) is 6.61 Å². The summed E-state index contributed by atoms with van der Waals surface area (Å²) < 4.78 is 46.8. The van der Waals surface area contributed by atoms with Gasteiger partial charge >= 0.3 is 6.18 Å². The van der Waals surface area contributed by atoms with Gasteiger partial charge in [-0.2, -0.15) is 18.2 Å². The zero-order chi connectivity index (χ0) is 19.8. The van der Waals surface area contributed by atoms with Gasteiger partial charge in [-0.3, -0.25) is 9.78 Å². The molecule has 2 aromatic rings. The molecule has 1 aliphatic rings. The highest BCUT2D eigenvalue weighted by atomic mass is 35.5. The van der Waals surface area contributed by atoms with Crippen molar-refractivity contribution in [3.8, 4) is 5.75 Å². The van der Waals surface area contributed by atoms with Crippen LogP contribution < -0.4 is 4.74 Å². The summed E-state index contributed by atoms with van der Waals surface area (Å²) in [6.07, 6.45) is -1.49. The van der Waals surface area contributed by atoms with Crippen LogP contribution in [-0.2, 0) is 5.41 Å². The summed E-state index contributed by atoms with van der Waals surface area (Å²) in [5, 5.41) is 3.85. The Morgan fingerprint density at radius 1 is 1.41 bits per heavy atom. The van der Waals surface area contributed by atoms with Crippen molar-refractivity contribution >= 4 is 17.4 Å². The van der Waals surface area contributed by atoms with Crippen LogP contribution in [0.2, 0.25) is 5.02 Å². The van der Waals surface area contributed by atoms with Crippen LogP contribution in [-0.4, -0.2) is 33.7 Å². The SMILES string of the molecule is Cc1nc(C(C)(CC(=O)c2cc(OCC(F)(F)F)c(Cl)cn2)C2CC2)no1. The van der Waals surface area contributed by atoms with Gasteiger partial charge in [-0.1, -0.05) is 23.7 Å². The Balaban J connectivity index is 1.80. The second-order valence-corrected chi connectivity index (χ2v) is 7.24. The Hall–Kier alpha value is -2.16. The number of aromatic nitrogens is 3. The number of ketones is 1. The zero-order valence-corrected chi connectivity index (χ0v) is 15.4. The molecular formula is C17H17ClF3N3O3. The normalized spacial score (nSPS) is 16.8. The molecule has 1 aliphatic carbocycles. The Morgan fingerprint density at radius 3 is 2.67 bits per heavy atom. The summed E-state index contributed by atoms with van der Waals surface area (Å²) in [4.78, 5) is 21.0. The van der Waals surface area contributed by atoms with Crippen LogP contribution in [0.1, 0.15) is 48.4 Å². The quantitative estimate of drug-likeness (QED) is 0.641. The maximum Gasteiger partial charge on any atom is 0.422 e. The Labute approximate surface area is 158 Å². The molecule has 2 heterocycles. The minimum atomic E-state index is -4.52. The standard InChI is InChI=1S/C17H17ClF3N3O3/c1-9-23-15(24-27-9)16(2,10-3-4-10)6-13(25)12-5-14(11(18)7-22-12)26-8-17(19,20)21/h5,7,10H,3-4,6,8H2,1-2H3. The van der Waals surface area contributed by atoms with Crippen LogP contribution in [0.15, 0.2) is 16.8 Å². The third kappa shape index (κ3) is 4.58. The number of Topliss-reactive ketones (excluding diaryl/α,β-unsaturated/α-hetero) is 1. The molecule has 1 saturated carbocycles. The third-order valence-electron chi connectivity index (χ3n) is 4.54. The number of pyridine rings is 1. The molecule has 0 bridgehead atoms. The molecule has 0 aliphatic heterocycles. The number of nitrogens with zero attached hydrogens (tertiary/aromatic N) is 3. The summed E-state index contributed by atoms with van der Waals surface area (Å²) in [6, 6.07) is 1.13. The lowest BCUT2D eigenvalue weighted by molar-refractivity contribution is -0.153. The van der Waals surface area contributed by atoms with Gasteiger partial charge in [0.15, 0.2) is 18.2 Å². The summed E-state index contributed by atoms with van der Waals surface area (Å²) in [5.41, 5.74) is -0.660. The molecule has 0 saturated heterocycles. The highest BCUT2D eigenvalue weighted by Gasteiger charge is 2.47. The van der Waals surface area contributed by atoms with E-state index in [0.717, 1.165) is 25.1 Å². The van der Waals surface area contributed by atoms with E-state index in [4.69, 9.17) is 16.1 Å². The number of aryl methyl sites for hydroxylation is 1. The van der Waals surface area contributed by atoms with E-state index in [1.165, 1.54) is 0 Å². The topological polar surface area (TPSA) is 78.1 Å². The van der Waals surface area contributed by atoms with Gasteiger partial charge in [0.2, 0.25) is 5.89 Å². The van der Waals surface area contributed by atoms with Gasteiger partial charge in [0.25, 0.3) is 0 Å². The first-order valence-corrected chi connectivity index (χ1v) is 8.65. The van der Waals surface area contributed by atoms with Crippen molar-refractivity contribution in [1.29, 1.82) is 0 Å². The molecule has 2 aromatic heterocycles. The van der Waals surface area contributed by atoms with E-state index in [2.05, 4.69) is 19.9 Å². The fraction of sp³-hybridized carbons (Fsp3) is 0.529. The largest absolute Gasteiger partial charge is 0.482 e. The number of halogens is 4. The molecule has 1 atom stereocenters. The van der Waals surface area contributed by atoms with E-state index in [1.54, 1.807) is 6.92 Å². The van der Waals surface area contributed by atoms with Gasteiger partial charge in [0.05, 0.1) is 6.20 Å². The van der Waals surface area contributed by atoms with Crippen molar-refractivity contribution in [2.45, 2.75) is 44.7 Å². The first kappa shape index (κ1) is 19.6. The highest BCUT2D eigenvalue weighted by molar-refractivity contribution is 6.32. The summed E-state index contributed by atoms with van der Waals surface area (Å²) in [7, 11) is 0. The number of carbonyl (C=O) groups is 1. The molecule has 1 fully saturated rings. The van der Waals surface area contributed by atoms with Crippen LogP contribution in [0.25, 0.3) is 0 Å². The molecule has 0 radical (unpaired) electrons. The minimum absolute atomic E-state index is 0.0244. The van der Waals surface area contributed by atoms with E-state index in [1.807, 2.05) is 6.92 Å². The maximum absolute atomic E-state index is 12.8. The lowest BCUT2D eigenvalue weighted by Gasteiger charge is -2.25. The minimum Gasteiger partial charge on any atom is -0.482 e. The van der Waals surface area contributed by atoms with Gasteiger partial charge < -0.3 is 9.26 Å². The molecule has 1 unspecified atom stereocenters. The molecular weight excluding hydrogens is 387 g/mol. The molecule has 0 spiro atoms. The van der Waals surface area contributed by atoms with E-state index < -0.39 is 18.2 Å². The molecule has 0 N–H and O–H groups in total. The lowest BCUT2D eigenvalue weighted by Crippen LogP contribution is -2.30. The second kappa shape index (κ2) is 7.10. The van der Waals surface area contributed by atoms with Crippen molar-refractivity contribution in [3.63, 3.8) is 0 Å². The molecule has 146 valence electrons. The molecule has 3 rings (SSSR count). The number of rotatable bonds is 7. The predicted octanol–water partition coefficient (Wildman–Crippen LogP) is 4.31. The van der Waals surface area contributed by atoms with Crippen molar-refractivity contribution in [2.24, 2.45) is 5.92 Å². The monoisotopic (exact) mass is 403 g/mol. The fourth-order valence-electron chi connectivity index (χ4n) is 2.92. The molecule has 0 aromatic carbocycles. The predicted molar refractivity (Wildman–Crippen MR) is 88.9 cm³/mol. The molecule has 27 heavy (non-hydrogen) atoms. The van der Waals surface area contributed by atoms with E-state index in [9.17, 15) is 18.0 Å². The van der Waals surface area contributed by atoms with E-state index >= 15 is 0 Å². The number of ether oxygens (including phenoxy) is 1. The van der Waals surface area contributed by atoms with Gasteiger partial charge in [-0.05, 0) is 18.8 Å². The maximum atomic E-state index is 12.8. The number of hydrogen-bond acceptors (Lipinski definition) is 6. The zero-order valence-electron chi connectivity index (χ0n) is 14.6. The Morgan fingerprint density at radius 2 is 2.11 bits per heavy atom. The van der Waals surface area contributed by atoms with Crippen molar-refractivity contribution in [1.82, 2.24) is 15.1 Å². The molecule has 6 nitrogen and oxygen atoms in total. The molecule has 0 amide bonds. The number of carbonyl (C=O) groups excluding carboxylic acids is 1. The van der Waals surface area contributed by atoms with Gasteiger partial charge in [-0.25, -0.2) is 0 Å². The van der Waals surface area contributed by atoms with Crippen LogP contribution in [0.3, 0.4) is 0 Å². The number of alkyl halides is 3. The van der Waals surface area contributed by atoms with Gasteiger partial charge in [0, 0.05) is 24.8 Å². The van der Waals surface area contributed by atoms with Crippen molar-refractivity contribution in [3.05, 3.63) is 34.7 Å². The fourth-order valence-corrected chi connectivity index (χ4v) is 3.08. The van der Waals surface area contributed by atoms with Crippen molar-refractivity contribution < 1.29 is 27.2 Å². The smallest absolute Gasteiger partial charge is 0.422 e. The summed E-state index contributed by atoms with van der Waals surface area (Å²) >= 11 is 5.82. The summed E-state index contributed by atoms with van der Waals surface area (Å²) in [5.74, 6) is 0.470. The number of hydrogen-bond donors (Lipinski definition) is 0. The summed E-state index contributed by atoms with van der Waals surface area (Å²) in [6.45, 7) is 2.03. The van der Waals surface area contributed by atoms with Crippen LogP contribution in [0.5, 0.6) is 5.75 Å². The Bertz CT molecular complexity index is 851. The third-order valence-corrected chi connectivity index (χ3v) is 4.83. The van der Waals surface area contributed by atoms with E-state index in [0.29, 0.717) is 11.7 Å². The first-order valence-electron chi connectivity index (χ1n) is 8.27. The van der Waals surface area contributed by atoms with Gasteiger partial charge in [0.1, 0.15) is 16.5 Å². The first-order chi connectivity index (χ1) is 12.6. The van der Waals surface area contributed by atoms with Crippen LogP contribution >= 0.6 is 11.6 Å². The highest BCUT2D eigenvalue weighted by Crippen LogP contribution is 2.48. The Kier molecular flexibility index (Phi) is 5.16. The van der Waals surface area contributed by atoms with Gasteiger partial charge in [-0.15, -0.1) is 0 Å². The van der Waals surface area contributed by atoms with Crippen LogP contribution in [0.4, 0.5) is 13.2 Å². The van der Waals surface area contributed by atoms with Crippen LogP contribution in [0, 0.1) is 12.8 Å². The lowest BCUT2D eigenvalue weighted by atomic mass is 9.78. The van der Waals surface area contributed by atoms with E-state index in [-0.39, 0.29) is 34.6 Å². The second-order valence-electron chi connectivity index (χ2n) is 6.83. The molecule has 10 heteroatoms. The average Bonchev–Trinajstić information content (AvgIpc) is 3.35.